The summed E-state index contributed by atoms with van der Waals surface area (Å²) in [4.78, 5) is 0. The molecular weight excluding hydrogens is 258 g/mol. The maximum Gasteiger partial charge on any atom is 0.0755 e. The van der Waals surface area contributed by atoms with Crippen molar-refractivity contribution in [2.24, 2.45) is 0 Å². The second-order valence-electron chi connectivity index (χ2n) is 5.15. The molecule has 0 fully saturated rings. The van der Waals surface area contributed by atoms with Gasteiger partial charge in [-0.3, -0.25) is 0 Å². The van der Waals surface area contributed by atoms with Gasteiger partial charge >= 0.3 is 0 Å². The van der Waals surface area contributed by atoms with E-state index in [1.54, 1.807) is 0 Å². The molecule has 0 saturated carbocycles. The van der Waals surface area contributed by atoms with Crippen LogP contribution in [0.3, 0.4) is 0 Å². The van der Waals surface area contributed by atoms with E-state index in [0.29, 0.717) is 0 Å². The molecule has 0 amide bonds. The fourth-order valence-corrected chi connectivity index (χ4v) is 1.68. The van der Waals surface area contributed by atoms with E-state index in [0.717, 1.165) is 0 Å². The highest BCUT2D eigenvalue weighted by Gasteiger charge is 1.87. The average molecular weight is 299 g/mol. The summed E-state index contributed by atoms with van der Waals surface area (Å²) < 4.78 is 0. The number of nitrogens with two attached hydrogens (primary N) is 2. The first-order valence-electron chi connectivity index (χ1n) is 8.46. The lowest BCUT2D eigenvalue weighted by Gasteiger charge is -1.96. The van der Waals surface area contributed by atoms with Gasteiger partial charge in [0.25, 0.3) is 0 Å². The molecule has 4 heteroatoms. The first-order valence-corrected chi connectivity index (χ1v) is 8.46. The Morgan fingerprint density at radius 1 is 0.450 bits per heavy atom. The molecule has 2 nitrogen and oxygen atoms in total. The summed E-state index contributed by atoms with van der Waals surface area (Å²) in [7, 11) is 0. The van der Waals surface area contributed by atoms with E-state index in [1.807, 2.05) is 0 Å². The Bertz CT molecular complexity index is 99.0. The van der Waals surface area contributed by atoms with Crippen LogP contribution in [0.25, 0.3) is 0 Å². The molecule has 0 aromatic heterocycles. The number of halogens is 2. The van der Waals surface area contributed by atoms with Gasteiger partial charge in [0.1, 0.15) is 0 Å². The molecule has 0 aliphatic heterocycles. The van der Waals surface area contributed by atoms with Crippen molar-refractivity contribution in [2.45, 2.75) is 79.1 Å². The van der Waals surface area contributed by atoms with Crippen molar-refractivity contribution < 1.29 is 20.0 Å². The maximum absolute atomic E-state index is 2.42. The third-order valence-electron chi connectivity index (χ3n) is 3.05. The van der Waals surface area contributed by atoms with Gasteiger partial charge in [-0.25, -0.2) is 0 Å². The predicted octanol–water partition coefficient (Wildman–Crippen LogP) is -3.69. The highest BCUT2D eigenvalue weighted by Crippen LogP contribution is 1.80. The van der Waals surface area contributed by atoms with Gasteiger partial charge < -0.3 is 20.0 Å². The topological polar surface area (TPSA) is 33.2 Å². The van der Waals surface area contributed by atoms with E-state index in [9.17, 15) is 0 Å². The molecule has 0 aromatic carbocycles. The molecule has 0 aliphatic carbocycles. The minimum absolute atomic E-state index is 0. The van der Waals surface area contributed by atoms with Gasteiger partial charge in [-0.15, -0.1) is 0 Å². The fourth-order valence-electron chi connectivity index (χ4n) is 1.68. The van der Waals surface area contributed by atoms with Crippen molar-refractivity contribution in [3.05, 3.63) is 0 Å². The van der Waals surface area contributed by atoms with Crippen molar-refractivity contribution in [1.29, 1.82) is 0 Å². The molecule has 0 aromatic rings. The van der Waals surface area contributed by atoms with Gasteiger partial charge in [0.05, 0.1) is 26.2 Å². The first-order chi connectivity index (χ1) is 8.83. The van der Waals surface area contributed by atoms with Crippen molar-refractivity contribution in [2.75, 3.05) is 26.2 Å². The Morgan fingerprint density at radius 2 is 0.650 bits per heavy atom. The first kappa shape index (κ1) is 28.0. The average Bonchev–Trinajstić information content (AvgIpc) is 2.39. The van der Waals surface area contributed by atoms with Crippen LogP contribution in [0.2, 0.25) is 0 Å². The van der Waals surface area contributed by atoms with E-state index in [4.69, 9.17) is 0 Å². The summed E-state index contributed by atoms with van der Waals surface area (Å²) in [6, 6.07) is 0. The Kier molecular flexibility index (Phi) is 43.8. The molecule has 0 saturated heterocycles. The molecular formula is C16H40F2N2. The lowest BCUT2D eigenvalue weighted by atomic mass is 10.3. The van der Waals surface area contributed by atoms with Gasteiger partial charge in [0.15, 0.2) is 0 Å². The van der Waals surface area contributed by atoms with Gasteiger partial charge in [-0.1, -0.05) is 53.4 Å². The zero-order valence-corrected chi connectivity index (χ0v) is 14.4. The van der Waals surface area contributed by atoms with Gasteiger partial charge in [-0.05, 0) is 25.7 Å². The highest BCUT2D eigenvalue weighted by atomic mass is 19.0. The molecule has 128 valence electrons. The monoisotopic (exact) mass is 298 g/mol. The van der Waals surface area contributed by atoms with Crippen LogP contribution >= 0.6 is 0 Å². The van der Waals surface area contributed by atoms with Gasteiger partial charge in [0, 0.05) is 0 Å². The third-order valence-corrected chi connectivity index (χ3v) is 3.05. The number of rotatable bonds is 12. The normalized spacial score (nSPS) is 9.00. The maximum atomic E-state index is 2.42. The zero-order chi connectivity index (χ0) is 13.9. The van der Waals surface area contributed by atoms with Gasteiger partial charge in [0.2, 0.25) is 0 Å². The molecule has 0 spiro atoms. The summed E-state index contributed by atoms with van der Waals surface area (Å²) >= 11 is 0. The number of quaternary nitrogens is 2. The lowest BCUT2D eigenvalue weighted by molar-refractivity contribution is -0.655. The smallest absolute Gasteiger partial charge is 0.0755 e. The van der Waals surface area contributed by atoms with Crippen LogP contribution in [0.15, 0.2) is 0 Å². The van der Waals surface area contributed by atoms with E-state index in [-0.39, 0.29) is 9.41 Å². The molecule has 0 radical (unpaired) electrons. The Hall–Kier alpha value is -0.220. The summed E-state index contributed by atoms with van der Waals surface area (Å²) in [5, 5.41) is 4.85. The molecule has 0 unspecified atom stereocenters. The standard InChI is InChI=1S/2C8H19N.2FH/c2*1-3-5-7-9-8-6-4-2;;/h2*9H,3-8H2,1-2H3;2*1H. The number of unbranched alkanes of at least 4 members (excludes halogenated alkanes) is 4. The minimum atomic E-state index is 0. The Labute approximate surface area is 126 Å². The van der Waals surface area contributed by atoms with Crippen LogP contribution < -0.4 is 20.0 Å². The summed E-state index contributed by atoms with van der Waals surface area (Å²) in [6.07, 6.45) is 10.9. The van der Waals surface area contributed by atoms with Crippen LogP contribution in [0.4, 0.5) is 0 Å². The van der Waals surface area contributed by atoms with Crippen LogP contribution in [0.1, 0.15) is 79.1 Å². The van der Waals surface area contributed by atoms with Crippen molar-refractivity contribution in [3.63, 3.8) is 0 Å². The zero-order valence-electron chi connectivity index (χ0n) is 14.4. The molecule has 20 heavy (non-hydrogen) atoms. The summed E-state index contributed by atoms with van der Waals surface area (Å²) in [5.74, 6) is 0. The van der Waals surface area contributed by atoms with Crippen molar-refractivity contribution in [1.82, 2.24) is 0 Å². The second kappa shape index (κ2) is 31.3. The molecule has 0 aliphatic rings. The van der Waals surface area contributed by atoms with E-state index in [2.05, 4.69) is 38.3 Å². The van der Waals surface area contributed by atoms with E-state index >= 15 is 0 Å². The minimum Gasteiger partial charge on any atom is -1.00 e. The van der Waals surface area contributed by atoms with Crippen LogP contribution in [-0.4, -0.2) is 26.2 Å². The second-order valence-corrected chi connectivity index (χ2v) is 5.15. The Morgan fingerprint density at radius 3 is 0.800 bits per heavy atom. The quantitative estimate of drug-likeness (QED) is 0.348. The van der Waals surface area contributed by atoms with Gasteiger partial charge in [-0.2, -0.15) is 0 Å². The van der Waals surface area contributed by atoms with Crippen molar-refractivity contribution >= 4 is 0 Å². The molecule has 0 bridgehead atoms. The Balaban J connectivity index is -0.000000116. The van der Waals surface area contributed by atoms with E-state index < -0.39 is 0 Å². The van der Waals surface area contributed by atoms with Crippen molar-refractivity contribution in [3.8, 4) is 0 Å². The largest absolute Gasteiger partial charge is 1.00 e. The fraction of sp³-hybridized carbons (Fsp3) is 1.00. The SMILES string of the molecule is CCCC[NH2+]CCCC.CCCC[NH2+]CCCC.[F-].[F-]. The summed E-state index contributed by atoms with van der Waals surface area (Å²) in [5.41, 5.74) is 0. The van der Waals surface area contributed by atoms with Crippen LogP contribution in [-0.2, 0) is 0 Å². The number of hydrogen-bond acceptors (Lipinski definition) is 0. The molecule has 0 heterocycles. The van der Waals surface area contributed by atoms with Crippen LogP contribution in [0, 0.1) is 0 Å². The number of hydrogen-bond donors (Lipinski definition) is 2. The highest BCUT2D eigenvalue weighted by molar-refractivity contribution is 4.29. The lowest BCUT2D eigenvalue weighted by Crippen LogP contribution is -3.00. The predicted molar refractivity (Wildman–Crippen MR) is 83.0 cm³/mol. The van der Waals surface area contributed by atoms with Crippen LogP contribution in [0.5, 0.6) is 0 Å². The third kappa shape index (κ3) is 36.1. The van der Waals surface area contributed by atoms with E-state index in [1.165, 1.54) is 77.5 Å². The molecule has 0 rings (SSSR count). The molecule has 0 atom stereocenters. The molecule has 4 N–H and O–H groups in total. The summed E-state index contributed by atoms with van der Waals surface area (Å²) in [6.45, 7) is 14.3.